The number of hydrogen-bond donors (Lipinski definition) is 1. The van der Waals surface area contributed by atoms with E-state index in [-0.39, 0.29) is 11.9 Å². The second-order valence-electron chi connectivity index (χ2n) is 6.72. The molecule has 0 aromatic heterocycles. The summed E-state index contributed by atoms with van der Waals surface area (Å²) in [6.45, 7) is 3.96. The molecule has 1 aliphatic heterocycles. The van der Waals surface area contributed by atoms with Crippen molar-refractivity contribution in [1.29, 1.82) is 0 Å². The number of amides is 1. The summed E-state index contributed by atoms with van der Waals surface area (Å²) in [5.41, 5.74) is 7.69. The summed E-state index contributed by atoms with van der Waals surface area (Å²) >= 11 is 0. The van der Waals surface area contributed by atoms with E-state index in [0.29, 0.717) is 30.4 Å². The maximum Gasteiger partial charge on any atom is 0.254 e. The second-order valence-corrected chi connectivity index (χ2v) is 6.72. The van der Waals surface area contributed by atoms with Crippen LogP contribution in [0.5, 0.6) is 5.75 Å². The number of nitrogens with two attached hydrogens (primary N) is 1. The van der Waals surface area contributed by atoms with Crippen LogP contribution < -0.4 is 10.5 Å². The van der Waals surface area contributed by atoms with Crippen LogP contribution in [0.3, 0.4) is 0 Å². The lowest BCUT2D eigenvalue weighted by molar-refractivity contribution is 0.0532. The summed E-state index contributed by atoms with van der Waals surface area (Å²) in [5, 5.41) is 0. The minimum absolute atomic E-state index is 0.0483. The monoisotopic (exact) mass is 338 g/mol. The Kier molecular flexibility index (Phi) is 5.71. The molecule has 1 aliphatic rings. The molecule has 2 aromatic carbocycles. The van der Waals surface area contributed by atoms with Gasteiger partial charge in [-0.25, -0.2) is 0 Å². The zero-order valence-corrected chi connectivity index (χ0v) is 14.7. The van der Waals surface area contributed by atoms with Gasteiger partial charge in [0.15, 0.2) is 0 Å². The average Bonchev–Trinajstić information content (AvgIpc) is 2.66. The van der Waals surface area contributed by atoms with Gasteiger partial charge in [-0.15, -0.1) is 0 Å². The van der Waals surface area contributed by atoms with Gasteiger partial charge < -0.3 is 15.4 Å². The molecule has 0 aliphatic carbocycles. The molecule has 4 nitrogen and oxygen atoms in total. The maximum atomic E-state index is 13.0. The predicted molar refractivity (Wildman–Crippen MR) is 99.5 cm³/mol. The zero-order valence-electron chi connectivity index (χ0n) is 14.7. The lowest BCUT2D eigenvalue weighted by Crippen LogP contribution is -2.51. The van der Waals surface area contributed by atoms with Crippen molar-refractivity contribution in [2.75, 3.05) is 13.1 Å². The highest BCUT2D eigenvalue weighted by Crippen LogP contribution is 2.25. The Morgan fingerprint density at radius 1 is 1.20 bits per heavy atom. The largest absolute Gasteiger partial charge is 0.489 e. The molecule has 0 saturated carbocycles. The van der Waals surface area contributed by atoms with E-state index in [1.54, 1.807) is 0 Å². The molecule has 25 heavy (non-hydrogen) atoms. The summed E-state index contributed by atoms with van der Waals surface area (Å²) < 4.78 is 5.85. The first-order chi connectivity index (χ1) is 12.2. The van der Waals surface area contributed by atoms with Crippen LogP contribution >= 0.6 is 0 Å². The van der Waals surface area contributed by atoms with Crippen LogP contribution in [-0.4, -0.2) is 29.9 Å². The Morgan fingerprint density at radius 3 is 2.76 bits per heavy atom. The predicted octanol–water partition coefficient (Wildman–Crippen LogP) is 3.47. The number of likely N-dealkylation sites (tertiary alicyclic amines) is 1. The molecule has 3 rings (SSSR count). The molecular formula is C21H26N2O2. The number of carbonyl (C=O) groups is 1. The summed E-state index contributed by atoms with van der Waals surface area (Å²) in [7, 11) is 0. The highest BCUT2D eigenvalue weighted by molar-refractivity contribution is 5.95. The highest BCUT2D eigenvalue weighted by atomic mass is 16.5. The fourth-order valence-electron chi connectivity index (χ4n) is 3.49. The van der Waals surface area contributed by atoms with Crippen LogP contribution in [0.2, 0.25) is 0 Å². The summed E-state index contributed by atoms with van der Waals surface area (Å²) in [6, 6.07) is 17.6. The topological polar surface area (TPSA) is 55.6 Å². The molecule has 2 N–H and O–H groups in total. The molecule has 1 heterocycles. The van der Waals surface area contributed by atoms with E-state index in [1.807, 2.05) is 59.5 Å². The van der Waals surface area contributed by atoms with Gasteiger partial charge in [0, 0.05) is 24.7 Å². The number of piperidine rings is 1. The molecular weight excluding hydrogens is 312 g/mol. The van der Waals surface area contributed by atoms with Gasteiger partial charge in [0.1, 0.15) is 12.4 Å². The van der Waals surface area contributed by atoms with Crippen LogP contribution in [0.4, 0.5) is 0 Å². The van der Waals surface area contributed by atoms with Crippen molar-refractivity contribution >= 4 is 5.91 Å². The molecule has 0 radical (unpaired) electrons. The molecule has 1 saturated heterocycles. The zero-order chi connectivity index (χ0) is 17.6. The normalized spacial score (nSPS) is 20.3. The van der Waals surface area contributed by atoms with E-state index in [2.05, 4.69) is 6.92 Å². The first-order valence-corrected chi connectivity index (χ1v) is 8.97. The molecule has 2 aromatic rings. The minimum atomic E-state index is 0.0483. The number of nitrogens with zero attached hydrogens (tertiary/aromatic N) is 1. The fraction of sp³-hybridized carbons (Fsp3) is 0.381. The maximum absolute atomic E-state index is 13.0. The molecule has 2 unspecified atom stereocenters. The third kappa shape index (κ3) is 4.20. The Balaban J connectivity index is 1.71. The van der Waals surface area contributed by atoms with Crippen molar-refractivity contribution in [3.05, 3.63) is 65.7 Å². The Bertz CT molecular complexity index is 702. The van der Waals surface area contributed by atoms with Crippen LogP contribution in [0, 0.1) is 5.92 Å². The summed E-state index contributed by atoms with van der Waals surface area (Å²) in [5.74, 6) is 1.21. The van der Waals surface area contributed by atoms with Gasteiger partial charge in [0.05, 0.1) is 0 Å². The van der Waals surface area contributed by atoms with Gasteiger partial charge >= 0.3 is 0 Å². The smallest absolute Gasteiger partial charge is 0.254 e. The van der Waals surface area contributed by atoms with E-state index in [9.17, 15) is 4.79 Å². The molecule has 0 bridgehead atoms. The van der Waals surface area contributed by atoms with Gasteiger partial charge in [-0.3, -0.25) is 4.79 Å². The van der Waals surface area contributed by atoms with E-state index >= 15 is 0 Å². The van der Waals surface area contributed by atoms with Gasteiger partial charge in [0.2, 0.25) is 0 Å². The van der Waals surface area contributed by atoms with E-state index in [1.165, 1.54) is 0 Å². The van der Waals surface area contributed by atoms with Gasteiger partial charge in [0.25, 0.3) is 5.91 Å². The number of hydrogen-bond acceptors (Lipinski definition) is 3. The molecule has 132 valence electrons. The summed E-state index contributed by atoms with van der Waals surface area (Å²) in [4.78, 5) is 14.9. The van der Waals surface area contributed by atoms with E-state index in [0.717, 1.165) is 24.9 Å². The minimum Gasteiger partial charge on any atom is -0.489 e. The van der Waals surface area contributed by atoms with Gasteiger partial charge in [-0.05, 0) is 42.5 Å². The van der Waals surface area contributed by atoms with Gasteiger partial charge in [-0.1, -0.05) is 43.3 Å². The van der Waals surface area contributed by atoms with E-state index < -0.39 is 0 Å². The quantitative estimate of drug-likeness (QED) is 0.908. The first kappa shape index (κ1) is 17.5. The van der Waals surface area contributed by atoms with Crippen molar-refractivity contribution in [2.45, 2.75) is 32.4 Å². The molecule has 0 spiro atoms. The standard InChI is InChI=1S/C21H26N2O2/c1-16-7-6-12-23(20(16)14-22)21(24)18-10-5-11-19(13-18)25-15-17-8-3-2-4-9-17/h2-5,8-11,13,16,20H,6-7,12,14-15,22H2,1H3. The average molecular weight is 338 g/mol. The van der Waals surface area contributed by atoms with Crippen LogP contribution in [0.25, 0.3) is 0 Å². The van der Waals surface area contributed by atoms with Gasteiger partial charge in [-0.2, -0.15) is 0 Å². The number of benzene rings is 2. The van der Waals surface area contributed by atoms with Crippen molar-refractivity contribution < 1.29 is 9.53 Å². The highest BCUT2D eigenvalue weighted by Gasteiger charge is 2.31. The molecule has 4 heteroatoms. The van der Waals surface area contributed by atoms with Crippen molar-refractivity contribution in [3.63, 3.8) is 0 Å². The molecule has 1 amide bonds. The van der Waals surface area contributed by atoms with Crippen LogP contribution in [0.15, 0.2) is 54.6 Å². The number of rotatable bonds is 5. The second kappa shape index (κ2) is 8.17. The lowest BCUT2D eigenvalue weighted by atomic mass is 9.90. The third-order valence-corrected chi connectivity index (χ3v) is 4.95. The Labute approximate surface area is 149 Å². The van der Waals surface area contributed by atoms with Crippen molar-refractivity contribution in [1.82, 2.24) is 4.90 Å². The van der Waals surface area contributed by atoms with Crippen molar-refractivity contribution in [2.24, 2.45) is 11.7 Å². The van der Waals surface area contributed by atoms with Crippen LogP contribution in [-0.2, 0) is 6.61 Å². The fourth-order valence-corrected chi connectivity index (χ4v) is 3.49. The van der Waals surface area contributed by atoms with Crippen LogP contribution in [0.1, 0.15) is 35.7 Å². The summed E-state index contributed by atoms with van der Waals surface area (Å²) in [6.07, 6.45) is 2.17. The lowest BCUT2D eigenvalue weighted by Gasteiger charge is -2.39. The SMILES string of the molecule is CC1CCCN(C(=O)c2cccc(OCc3ccccc3)c2)C1CN. The van der Waals surface area contributed by atoms with E-state index in [4.69, 9.17) is 10.5 Å². The molecule has 1 fully saturated rings. The number of carbonyl (C=O) groups excluding carboxylic acids is 1. The molecule has 2 atom stereocenters. The number of ether oxygens (including phenoxy) is 1. The first-order valence-electron chi connectivity index (χ1n) is 8.97. The third-order valence-electron chi connectivity index (χ3n) is 4.95. The Morgan fingerprint density at radius 2 is 2.00 bits per heavy atom. The van der Waals surface area contributed by atoms with Crippen molar-refractivity contribution in [3.8, 4) is 5.75 Å². The Hall–Kier alpha value is -2.33.